The highest BCUT2D eigenvalue weighted by Gasteiger charge is 2.07. The first-order chi connectivity index (χ1) is 8.33. The Morgan fingerprint density at radius 3 is 2.65 bits per heavy atom. The number of methoxy groups -OCH3 is 2. The van der Waals surface area contributed by atoms with E-state index in [-0.39, 0.29) is 0 Å². The fourth-order valence-electron chi connectivity index (χ4n) is 1.91. The van der Waals surface area contributed by atoms with Crippen molar-refractivity contribution in [2.24, 2.45) is 4.99 Å². The minimum atomic E-state index is 0.771. The Morgan fingerprint density at radius 2 is 2.00 bits per heavy atom. The highest BCUT2D eigenvalue weighted by Crippen LogP contribution is 2.27. The first-order valence-corrected chi connectivity index (χ1v) is 5.81. The summed E-state index contributed by atoms with van der Waals surface area (Å²) in [5.41, 5.74) is 1.24. The molecule has 0 aliphatic carbocycles. The Kier molecular flexibility index (Phi) is 3.85. The molecule has 1 aromatic rings. The van der Waals surface area contributed by atoms with Crippen LogP contribution in [0.25, 0.3) is 0 Å². The van der Waals surface area contributed by atoms with E-state index in [1.165, 1.54) is 5.56 Å². The van der Waals surface area contributed by atoms with Crippen LogP contribution in [-0.2, 0) is 6.42 Å². The van der Waals surface area contributed by atoms with Gasteiger partial charge in [-0.2, -0.15) is 0 Å². The number of nitrogens with zero attached hydrogens (tertiary/aromatic N) is 1. The van der Waals surface area contributed by atoms with Crippen LogP contribution < -0.4 is 14.8 Å². The Labute approximate surface area is 102 Å². The van der Waals surface area contributed by atoms with Gasteiger partial charge in [0.25, 0.3) is 0 Å². The van der Waals surface area contributed by atoms with E-state index in [2.05, 4.69) is 16.4 Å². The van der Waals surface area contributed by atoms with Crippen LogP contribution in [0, 0.1) is 0 Å². The quantitative estimate of drug-likeness (QED) is 0.842. The van der Waals surface area contributed by atoms with Gasteiger partial charge in [0, 0.05) is 13.0 Å². The van der Waals surface area contributed by atoms with Crippen molar-refractivity contribution in [1.82, 2.24) is 5.32 Å². The minimum Gasteiger partial charge on any atom is -0.493 e. The normalized spacial score (nSPS) is 14.1. The van der Waals surface area contributed by atoms with E-state index in [9.17, 15) is 0 Å². The lowest BCUT2D eigenvalue weighted by Crippen LogP contribution is -2.18. The van der Waals surface area contributed by atoms with Gasteiger partial charge < -0.3 is 14.8 Å². The summed E-state index contributed by atoms with van der Waals surface area (Å²) in [7, 11) is 3.30. The van der Waals surface area contributed by atoms with Crippen LogP contribution in [0.1, 0.15) is 12.0 Å². The number of aliphatic imine (C=N–C) groups is 1. The molecule has 0 saturated heterocycles. The van der Waals surface area contributed by atoms with Crippen molar-refractivity contribution in [2.75, 3.05) is 27.3 Å². The lowest BCUT2D eigenvalue weighted by Gasteiger charge is -2.09. The van der Waals surface area contributed by atoms with Crippen LogP contribution in [0.2, 0.25) is 0 Å². The molecule has 0 atom stereocenters. The molecule has 0 bridgehead atoms. The van der Waals surface area contributed by atoms with Crippen molar-refractivity contribution in [3.8, 4) is 11.5 Å². The first kappa shape index (κ1) is 11.8. The second-order valence-electron chi connectivity index (χ2n) is 3.94. The second-order valence-corrected chi connectivity index (χ2v) is 3.94. The summed E-state index contributed by atoms with van der Waals surface area (Å²) in [6, 6.07) is 6.03. The molecule has 0 aromatic heterocycles. The fourth-order valence-corrected chi connectivity index (χ4v) is 1.91. The zero-order valence-corrected chi connectivity index (χ0v) is 10.3. The molecule has 2 rings (SSSR count). The molecule has 0 unspecified atom stereocenters. The van der Waals surface area contributed by atoms with Gasteiger partial charge in [0.2, 0.25) is 0 Å². The topological polar surface area (TPSA) is 42.8 Å². The maximum Gasteiger partial charge on any atom is 0.160 e. The Morgan fingerprint density at radius 1 is 1.18 bits per heavy atom. The number of rotatable bonds is 5. The first-order valence-electron chi connectivity index (χ1n) is 5.81. The Hall–Kier alpha value is -1.71. The summed E-state index contributed by atoms with van der Waals surface area (Å²) in [5.74, 6) is 2.67. The van der Waals surface area contributed by atoms with E-state index >= 15 is 0 Å². The van der Waals surface area contributed by atoms with Crippen LogP contribution in [0.15, 0.2) is 23.2 Å². The van der Waals surface area contributed by atoms with Crippen molar-refractivity contribution in [1.29, 1.82) is 0 Å². The molecule has 92 valence electrons. The zero-order valence-electron chi connectivity index (χ0n) is 10.3. The van der Waals surface area contributed by atoms with E-state index < -0.39 is 0 Å². The molecule has 0 saturated carbocycles. The van der Waals surface area contributed by atoms with Gasteiger partial charge in [-0.15, -0.1) is 0 Å². The predicted octanol–water partition coefficient (Wildman–Crippen LogP) is 1.64. The average Bonchev–Trinajstić information content (AvgIpc) is 2.89. The summed E-state index contributed by atoms with van der Waals surface area (Å²) in [4.78, 5) is 4.38. The molecule has 0 spiro atoms. The maximum atomic E-state index is 5.28. The third kappa shape index (κ3) is 2.90. The molecular weight excluding hydrogens is 216 g/mol. The monoisotopic (exact) mass is 234 g/mol. The molecule has 1 N–H and O–H groups in total. The number of benzene rings is 1. The third-order valence-electron chi connectivity index (χ3n) is 2.84. The van der Waals surface area contributed by atoms with Crippen LogP contribution in [0.5, 0.6) is 11.5 Å². The Balaban J connectivity index is 2.00. The molecule has 17 heavy (non-hydrogen) atoms. The summed E-state index contributed by atoms with van der Waals surface area (Å²) < 4.78 is 10.5. The largest absolute Gasteiger partial charge is 0.493 e. The van der Waals surface area contributed by atoms with E-state index in [4.69, 9.17) is 9.47 Å². The van der Waals surface area contributed by atoms with Gasteiger partial charge in [-0.05, 0) is 24.1 Å². The van der Waals surface area contributed by atoms with E-state index in [1.807, 2.05) is 12.1 Å². The van der Waals surface area contributed by atoms with Crippen LogP contribution in [0.4, 0.5) is 0 Å². The van der Waals surface area contributed by atoms with Gasteiger partial charge in [0.05, 0.1) is 26.6 Å². The zero-order chi connectivity index (χ0) is 12.1. The lowest BCUT2D eigenvalue weighted by molar-refractivity contribution is 0.354. The van der Waals surface area contributed by atoms with Gasteiger partial charge in [0.1, 0.15) is 0 Å². The van der Waals surface area contributed by atoms with Crippen molar-refractivity contribution < 1.29 is 9.47 Å². The molecule has 4 heteroatoms. The molecule has 4 nitrogen and oxygen atoms in total. The van der Waals surface area contributed by atoms with Gasteiger partial charge >= 0.3 is 0 Å². The maximum absolute atomic E-state index is 5.28. The van der Waals surface area contributed by atoms with Crippen molar-refractivity contribution in [3.63, 3.8) is 0 Å². The SMILES string of the molecule is COc1ccc(CCC2=NCCN2)cc1OC. The fraction of sp³-hybridized carbons (Fsp3) is 0.462. The minimum absolute atomic E-state index is 0.771. The van der Waals surface area contributed by atoms with Crippen LogP contribution in [-0.4, -0.2) is 33.1 Å². The molecular formula is C13H18N2O2. The number of amidine groups is 1. The summed E-state index contributed by atoms with van der Waals surface area (Å²) in [5, 5.41) is 3.27. The van der Waals surface area contributed by atoms with Crippen molar-refractivity contribution in [2.45, 2.75) is 12.8 Å². The van der Waals surface area contributed by atoms with Gasteiger partial charge in [0.15, 0.2) is 11.5 Å². The molecule has 1 aromatic carbocycles. The predicted molar refractivity (Wildman–Crippen MR) is 68.2 cm³/mol. The highest BCUT2D eigenvalue weighted by atomic mass is 16.5. The smallest absolute Gasteiger partial charge is 0.160 e. The number of nitrogens with one attached hydrogen (secondary N) is 1. The lowest BCUT2D eigenvalue weighted by atomic mass is 10.1. The average molecular weight is 234 g/mol. The third-order valence-corrected chi connectivity index (χ3v) is 2.84. The number of hydrogen-bond acceptors (Lipinski definition) is 4. The summed E-state index contributed by atoms with van der Waals surface area (Å²) in [6.45, 7) is 1.88. The molecule has 1 aliphatic heterocycles. The molecule has 0 radical (unpaired) electrons. The number of ether oxygens (including phenoxy) is 2. The highest BCUT2D eigenvalue weighted by molar-refractivity contribution is 5.83. The molecule has 0 fully saturated rings. The second kappa shape index (κ2) is 5.57. The van der Waals surface area contributed by atoms with Crippen molar-refractivity contribution >= 4 is 5.84 Å². The van der Waals surface area contributed by atoms with E-state index in [1.54, 1.807) is 14.2 Å². The van der Waals surface area contributed by atoms with Crippen molar-refractivity contribution in [3.05, 3.63) is 23.8 Å². The van der Waals surface area contributed by atoms with Gasteiger partial charge in [-0.3, -0.25) is 4.99 Å². The van der Waals surface area contributed by atoms with Gasteiger partial charge in [-0.25, -0.2) is 0 Å². The summed E-state index contributed by atoms with van der Waals surface area (Å²) >= 11 is 0. The van der Waals surface area contributed by atoms with Crippen LogP contribution in [0.3, 0.4) is 0 Å². The number of aryl methyl sites for hydroxylation is 1. The van der Waals surface area contributed by atoms with Gasteiger partial charge in [-0.1, -0.05) is 6.07 Å². The van der Waals surface area contributed by atoms with E-state index in [0.717, 1.165) is 43.3 Å². The van der Waals surface area contributed by atoms with E-state index in [0.29, 0.717) is 0 Å². The molecule has 0 amide bonds. The number of hydrogen-bond donors (Lipinski definition) is 1. The molecule has 1 aliphatic rings. The van der Waals surface area contributed by atoms with Crippen LogP contribution >= 0.6 is 0 Å². The Bertz CT molecular complexity index is 416. The summed E-state index contributed by atoms with van der Waals surface area (Å²) in [6.07, 6.45) is 1.92. The molecule has 1 heterocycles. The standard InChI is InChI=1S/C13H18N2O2/c1-16-11-5-3-10(9-12(11)17-2)4-6-13-14-7-8-15-13/h3,5,9H,4,6-8H2,1-2H3,(H,14,15).